The van der Waals surface area contributed by atoms with E-state index in [1.165, 1.54) is 11.6 Å². The highest BCUT2D eigenvalue weighted by Crippen LogP contribution is 2.33. The van der Waals surface area contributed by atoms with Crippen molar-refractivity contribution < 1.29 is 17.6 Å². The van der Waals surface area contributed by atoms with Gasteiger partial charge in [-0.1, -0.05) is 60.2 Å². The van der Waals surface area contributed by atoms with Gasteiger partial charge in [-0.3, -0.25) is 0 Å². The Morgan fingerprint density at radius 1 is 0.467 bits per heavy atom. The maximum absolute atomic E-state index is 14.9. The van der Waals surface area contributed by atoms with Crippen LogP contribution in [-0.2, 0) is 0 Å². The lowest BCUT2D eigenvalue weighted by molar-refractivity contribution is 0.447. The Labute approximate surface area is 172 Å². The van der Waals surface area contributed by atoms with Crippen LogP contribution in [0.5, 0.6) is 0 Å². The minimum absolute atomic E-state index is 0.0392. The molecule has 0 N–H and O–H groups in total. The monoisotopic (exact) mass is 406 g/mol. The minimum atomic E-state index is -1.57. The van der Waals surface area contributed by atoms with Crippen LogP contribution in [0.15, 0.2) is 72.8 Å². The molecule has 4 aromatic carbocycles. The number of halogens is 4. The topological polar surface area (TPSA) is 0 Å². The maximum Gasteiger partial charge on any atom is 0.194 e. The Bertz CT molecular complexity index is 1180. The van der Waals surface area contributed by atoms with Crippen LogP contribution in [0.3, 0.4) is 0 Å². The zero-order valence-electron chi connectivity index (χ0n) is 16.4. The van der Waals surface area contributed by atoms with Crippen molar-refractivity contribution in [3.8, 4) is 33.4 Å². The molecule has 0 aliphatic carbocycles. The summed E-state index contributed by atoms with van der Waals surface area (Å²) in [5.74, 6) is -4.89. The third-order valence-electron chi connectivity index (χ3n) is 5.16. The van der Waals surface area contributed by atoms with E-state index in [2.05, 4.69) is 0 Å². The molecule has 0 saturated carbocycles. The third-order valence-corrected chi connectivity index (χ3v) is 5.16. The predicted molar refractivity (Wildman–Crippen MR) is 112 cm³/mol. The van der Waals surface area contributed by atoms with Crippen LogP contribution in [0.4, 0.5) is 17.6 Å². The Balaban J connectivity index is 1.70. The molecule has 4 rings (SSSR count). The quantitative estimate of drug-likeness (QED) is 0.240. The standard InChI is InChI=1S/C26H18F4/c1-15-3-5-17(6-4-15)18-7-9-19(10-8-18)20-11-16(2)25(22(27)12-20)21-13-23(28)26(30)24(29)14-21/h3-14H,1-2H3. The second-order valence-electron chi connectivity index (χ2n) is 7.35. The molecule has 0 atom stereocenters. The SMILES string of the molecule is Cc1ccc(-c2ccc(-c3cc(C)c(-c4cc(F)c(F)c(F)c4)c(F)c3)cc2)cc1. The summed E-state index contributed by atoms with van der Waals surface area (Å²) in [5.41, 5.74) is 5.29. The lowest BCUT2D eigenvalue weighted by Gasteiger charge is -2.12. The molecule has 30 heavy (non-hydrogen) atoms. The average Bonchev–Trinajstić information content (AvgIpc) is 2.72. The maximum atomic E-state index is 14.9. The first-order chi connectivity index (χ1) is 14.3. The van der Waals surface area contributed by atoms with Crippen molar-refractivity contribution >= 4 is 0 Å². The highest BCUT2D eigenvalue weighted by Gasteiger charge is 2.17. The summed E-state index contributed by atoms with van der Waals surface area (Å²) in [5, 5.41) is 0. The lowest BCUT2D eigenvalue weighted by Crippen LogP contribution is -1.96. The molecule has 0 aromatic heterocycles. The Morgan fingerprint density at radius 3 is 1.40 bits per heavy atom. The van der Waals surface area contributed by atoms with E-state index in [9.17, 15) is 17.6 Å². The summed E-state index contributed by atoms with van der Waals surface area (Å²) in [6.07, 6.45) is 0. The van der Waals surface area contributed by atoms with Crippen molar-refractivity contribution in [1.82, 2.24) is 0 Å². The Kier molecular flexibility index (Phi) is 5.17. The van der Waals surface area contributed by atoms with Gasteiger partial charge in [0.2, 0.25) is 0 Å². The molecule has 0 aliphatic heterocycles. The molecule has 0 radical (unpaired) electrons. The molecular formula is C26H18F4. The molecule has 0 fully saturated rings. The van der Waals surface area contributed by atoms with Crippen LogP contribution in [0.25, 0.3) is 33.4 Å². The summed E-state index contributed by atoms with van der Waals surface area (Å²) in [6.45, 7) is 3.68. The van der Waals surface area contributed by atoms with Gasteiger partial charge in [-0.25, -0.2) is 17.6 Å². The van der Waals surface area contributed by atoms with Gasteiger partial charge in [0.1, 0.15) is 5.82 Å². The van der Waals surface area contributed by atoms with Crippen LogP contribution in [0, 0.1) is 37.1 Å². The summed E-state index contributed by atoms with van der Waals surface area (Å²) in [4.78, 5) is 0. The Hall–Kier alpha value is -3.40. The van der Waals surface area contributed by atoms with Gasteiger partial charge in [-0.05, 0) is 65.4 Å². The molecule has 0 aliphatic rings. The van der Waals surface area contributed by atoms with E-state index in [0.717, 1.165) is 28.8 Å². The van der Waals surface area contributed by atoms with Crippen molar-refractivity contribution in [2.75, 3.05) is 0 Å². The van der Waals surface area contributed by atoms with E-state index in [1.54, 1.807) is 13.0 Å². The van der Waals surface area contributed by atoms with Crippen molar-refractivity contribution in [2.45, 2.75) is 13.8 Å². The average molecular weight is 406 g/mol. The van der Waals surface area contributed by atoms with Crippen molar-refractivity contribution in [2.24, 2.45) is 0 Å². The van der Waals surface area contributed by atoms with Crippen LogP contribution >= 0.6 is 0 Å². The first-order valence-corrected chi connectivity index (χ1v) is 9.46. The fourth-order valence-electron chi connectivity index (χ4n) is 3.58. The van der Waals surface area contributed by atoms with Gasteiger partial charge in [-0.15, -0.1) is 0 Å². The molecule has 0 heterocycles. The second kappa shape index (κ2) is 7.79. The minimum Gasteiger partial charge on any atom is -0.206 e. The van der Waals surface area contributed by atoms with E-state index in [1.807, 2.05) is 55.5 Å². The van der Waals surface area contributed by atoms with E-state index < -0.39 is 23.3 Å². The summed E-state index contributed by atoms with van der Waals surface area (Å²) >= 11 is 0. The first-order valence-electron chi connectivity index (χ1n) is 9.46. The zero-order valence-corrected chi connectivity index (χ0v) is 16.4. The molecule has 0 amide bonds. The van der Waals surface area contributed by atoms with Gasteiger partial charge in [-0.2, -0.15) is 0 Å². The summed E-state index contributed by atoms with van der Waals surface area (Å²) in [7, 11) is 0. The van der Waals surface area contributed by atoms with E-state index in [0.29, 0.717) is 11.1 Å². The number of rotatable bonds is 3. The number of benzene rings is 4. The van der Waals surface area contributed by atoms with Crippen molar-refractivity contribution in [1.29, 1.82) is 0 Å². The normalized spacial score (nSPS) is 11.0. The fraction of sp³-hybridized carbons (Fsp3) is 0.0769. The number of hydrogen-bond acceptors (Lipinski definition) is 0. The number of aryl methyl sites for hydroxylation is 2. The highest BCUT2D eigenvalue weighted by molar-refractivity contribution is 5.76. The van der Waals surface area contributed by atoms with E-state index in [4.69, 9.17) is 0 Å². The van der Waals surface area contributed by atoms with E-state index >= 15 is 0 Å². The fourth-order valence-corrected chi connectivity index (χ4v) is 3.58. The Morgan fingerprint density at radius 2 is 0.900 bits per heavy atom. The van der Waals surface area contributed by atoms with Gasteiger partial charge < -0.3 is 0 Å². The smallest absolute Gasteiger partial charge is 0.194 e. The van der Waals surface area contributed by atoms with Gasteiger partial charge in [0, 0.05) is 5.56 Å². The molecule has 4 heteroatoms. The predicted octanol–water partition coefficient (Wildman–Crippen LogP) is 7.86. The molecule has 4 aromatic rings. The van der Waals surface area contributed by atoms with Crippen LogP contribution in [-0.4, -0.2) is 0 Å². The van der Waals surface area contributed by atoms with Crippen LogP contribution < -0.4 is 0 Å². The van der Waals surface area contributed by atoms with Gasteiger partial charge in [0.25, 0.3) is 0 Å². The number of hydrogen-bond donors (Lipinski definition) is 0. The van der Waals surface area contributed by atoms with Gasteiger partial charge in [0.15, 0.2) is 17.5 Å². The first kappa shape index (κ1) is 19.9. The van der Waals surface area contributed by atoms with Crippen molar-refractivity contribution in [3.05, 3.63) is 107 Å². The highest BCUT2D eigenvalue weighted by atomic mass is 19.2. The van der Waals surface area contributed by atoms with Crippen LogP contribution in [0.2, 0.25) is 0 Å². The largest absolute Gasteiger partial charge is 0.206 e. The van der Waals surface area contributed by atoms with Gasteiger partial charge >= 0.3 is 0 Å². The summed E-state index contributed by atoms with van der Waals surface area (Å²) in [6, 6.07) is 20.6. The molecule has 0 saturated heterocycles. The molecule has 0 spiro atoms. The molecule has 150 valence electrons. The zero-order chi connectivity index (χ0) is 21.4. The second-order valence-corrected chi connectivity index (χ2v) is 7.35. The molecule has 0 bridgehead atoms. The third kappa shape index (κ3) is 3.73. The van der Waals surface area contributed by atoms with E-state index in [-0.39, 0.29) is 11.1 Å². The van der Waals surface area contributed by atoms with Crippen LogP contribution in [0.1, 0.15) is 11.1 Å². The van der Waals surface area contributed by atoms with Crippen molar-refractivity contribution in [3.63, 3.8) is 0 Å². The molecule has 0 unspecified atom stereocenters. The molecule has 0 nitrogen and oxygen atoms in total. The summed E-state index contributed by atoms with van der Waals surface area (Å²) < 4.78 is 55.3. The van der Waals surface area contributed by atoms with Gasteiger partial charge in [0.05, 0.1) is 0 Å². The molecular weight excluding hydrogens is 388 g/mol. The lowest BCUT2D eigenvalue weighted by atomic mass is 9.94.